The maximum Gasteiger partial charge on any atom is 0.349 e. The SMILES string of the molecule is O=C(N[C@@H]1CCCN(CCc2ccccc2)C1)c1cc2ccccc2oc1=O. The number of nitrogens with zero attached hydrogens (tertiary/aromatic N) is 1. The molecule has 1 amide bonds. The average molecular weight is 376 g/mol. The van der Waals surface area contributed by atoms with Crippen LogP contribution in [-0.4, -0.2) is 36.5 Å². The number of rotatable bonds is 5. The van der Waals surface area contributed by atoms with Gasteiger partial charge in [-0.1, -0.05) is 48.5 Å². The Hall–Kier alpha value is -2.92. The number of hydrogen-bond acceptors (Lipinski definition) is 4. The first-order valence-electron chi connectivity index (χ1n) is 9.79. The standard InChI is InChI=1S/C23H24N2O3/c26-22(20-15-18-9-4-5-11-21(18)28-23(20)27)24-19-10-6-13-25(16-19)14-12-17-7-2-1-3-8-17/h1-5,7-9,11,15,19H,6,10,12-14,16H2,(H,24,26)/t19-/m1/s1. The lowest BCUT2D eigenvalue weighted by Gasteiger charge is -2.33. The van der Waals surface area contributed by atoms with E-state index in [1.807, 2.05) is 18.2 Å². The molecular formula is C23H24N2O3. The molecular weight excluding hydrogens is 352 g/mol. The van der Waals surface area contributed by atoms with Crippen LogP contribution in [-0.2, 0) is 6.42 Å². The van der Waals surface area contributed by atoms with Crippen LogP contribution < -0.4 is 10.9 Å². The van der Waals surface area contributed by atoms with Crippen molar-refractivity contribution in [1.82, 2.24) is 10.2 Å². The van der Waals surface area contributed by atoms with Crippen molar-refractivity contribution in [2.24, 2.45) is 0 Å². The molecule has 5 heteroatoms. The minimum absolute atomic E-state index is 0.0443. The number of benzene rings is 2. The lowest BCUT2D eigenvalue weighted by Crippen LogP contribution is -2.48. The molecule has 1 N–H and O–H groups in total. The minimum atomic E-state index is -0.590. The van der Waals surface area contributed by atoms with E-state index in [0.29, 0.717) is 5.58 Å². The van der Waals surface area contributed by atoms with Gasteiger partial charge in [0.25, 0.3) is 5.91 Å². The normalized spacial score (nSPS) is 17.5. The molecule has 28 heavy (non-hydrogen) atoms. The topological polar surface area (TPSA) is 62.6 Å². The summed E-state index contributed by atoms with van der Waals surface area (Å²) in [6.07, 6.45) is 2.95. The van der Waals surface area contributed by atoms with Gasteiger partial charge in [-0.3, -0.25) is 4.79 Å². The quantitative estimate of drug-likeness (QED) is 0.695. The smallest absolute Gasteiger partial charge is 0.349 e. The summed E-state index contributed by atoms with van der Waals surface area (Å²) in [6.45, 7) is 2.81. The van der Waals surface area contributed by atoms with E-state index in [-0.39, 0.29) is 17.5 Å². The molecule has 0 aliphatic carbocycles. The van der Waals surface area contributed by atoms with E-state index in [1.165, 1.54) is 5.56 Å². The lowest BCUT2D eigenvalue weighted by molar-refractivity contribution is 0.0900. The third-order valence-electron chi connectivity index (χ3n) is 5.29. The van der Waals surface area contributed by atoms with Crippen molar-refractivity contribution in [3.63, 3.8) is 0 Å². The van der Waals surface area contributed by atoms with Gasteiger partial charge in [0.15, 0.2) is 0 Å². The average Bonchev–Trinajstić information content (AvgIpc) is 2.73. The number of amides is 1. The summed E-state index contributed by atoms with van der Waals surface area (Å²) in [5.41, 5.74) is 1.30. The third-order valence-corrected chi connectivity index (χ3v) is 5.29. The summed E-state index contributed by atoms with van der Waals surface area (Å²) in [6, 6.07) is 19.3. The summed E-state index contributed by atoms with van der Waals surface area (Å²) in [4.78, 5) is 27.3. The molecule has 2 aromatic carbocycles. The Morgan fingerprint density at radius 3 is 2.75 bits per heavy atom. The summed E-state index contributed by atoms with van der Waals surface area (Å²) in [5, 5.41) is 3.78. The molecule has 4 rings (SSSR count). The molecule has 1 aliphatic rings. The molecule has 144 valence electrons. The van der Waals surface area contributed by atoms with Crippen LogP contribution >= 0.6 is 0 Å². The molecule has 0 radical (unpaired) electrons. The minimum Gasteiger partial charge on any atom is -0.422 e. The number of likely N-dealkylation sites (tertiary alicyclic amines) is 1. The first kappa shape index (κ1) is 18.4. The summed E-state index contributed by atoms with van der Waals surface area (Å²) in [7, 11) is 0. The molecule has 0 spiro atoms. The highest BCUT2D eigenvalue weighted by Gasteiger charge is 2.23. The van der Waals surface area contributed by atoms with E-state index in [0.717, 1.165) is 44.3 Å². The van der Waals surface area contributed by atoms with Gasteiger partial charge in [0, 0.05) is 24.5 Å². The van der Waals surface area contributed by atoms with Gasteiger partial charge in [-0.2, -0.15) is 0 Å². The van der Waals surface area contributed by atoms with Crippen LogP contribution in [0.15, 0.2) is 69.9 Å². The van der Waals surface area contributed by atoms with Gasteiger partial charge >= 0.3 is 5.63 Å². The molecule has 0 saturated carbocycles. The second-order valence-electron chi connectivity index (χ2n) is 7.33. The Kier molecular flexibility index (Phi) is 5.53. The van der Waals surface area contributed by atoms with Crippen LogP contribution in [0.1, 0.15) is 28.8 Å². The van der Waals surface area contributed by atoms with Crippen LogP contribution in [0.3, 0.4) is 0 Å². The van der Waals surface area contributed by atoms with Gasteiger partial charge in [0.2, 0.25) is 0 Å². The number of nitrogens with one attached hydrogen (secondary N) is 1. The molecule has 1 aromatic heterocycles. The zero-order valence-electron chi connectivity index (χ0n) is 15.8. The number of hydrogen-bond donors (Lipinski definition) is 1. The Balaban J connectivity index is 1.39. The predicted octanol–water partition coefficient (Wildman–Crippen LogP) is 3.23. The Morgan fingerprint density at radius 1 is 1.11 bits per heavy atom. The van der Waals surface area contributed by atoms with Crippen molar-refractivity contribution in [2.45, 2.75) is 25.3 Å². The molecule has 2 heterocycles. The predicted molar refractivity (Wildman–Crippen MR) is 110 cm³/mol. The number of carbonyl (C=O) groups excluding carboxylic acids is 1. The first-order chi connectivity index (χ1) is 13.7. The van der Waals surface area contributed by atoms with Crippen molar-refractivity contribution in [3.8, 4) is 0 Å². The van der Waals surface area contributed by atoms with Gasteiger partial charge in [-0.25, -0.2) is 4.79 Å². The van der Waals surface area contributed by atoms with Crippen molar-refractivity contribution in [1.29, 1.82) is 0 Å². The van der Waals surface area contributed by atoms with Crippen molar-refractivity contribution >= 4 is 16.9 Å². The largest absolute Gasteiger partial charge is 0.422 e. The molecule has 1 atom stereocenters. The van der Waals surface area contributed by atoms with Crippen molar-refractivity contribution in [3.05, 3.63) is 82.2 Å². The number of para-hydroxylation sites is 1. The maximum absolute atomic E-state index is 12.7. The molecule has 3 aromatic rings. The van der Waals surface area contributed by atoms with Gasteiger partial charge in [0.1, 0.15) is 11.1 Å². The fraction of sp³-hybridized carbons (Fsp3) is 0.304. The lowest BCUT2D eigenvalue weighted by atomic mass is 10.0. The van der Waals surface area contributed by atoms with Crippen molar-refractivity contribution in [2.75, 3.05) is 19.6 Å². The van der Waals surface area contributed by atoms with Crippen molar-refractivity contribution < 1.29 is 9.21 Å². The van der Waals surface area contributed by atoms with E-state index in [2.05, 4.69) is 34.5 Å². The Bertz CT molecular complexity index is 1010. The third kappa shape index (κ3) is 4.31. The zero-order chi connectivity index (χ0) is 19.3. The highest BCUT2D eigenvalue weighted by Crippen LogP contribution is 2.14. The number of fused-ring (bicyclic) bond motifs is 1. The molecule has 1 aliphatic heterocycles. The summed E-state index contributed by atoms with van der Waals surface area (Å²) >= 11 is 0. The fourth-order valence-corrected chi connectivity index (χ4v) is 3.79. The van der Waals surface area contributed by atoms with E-state index in [1.54, 1.807) is 18.2 Å². The second-order valence-corrected chi connectivity index (χ2v) is 7.33. The van der Waals surface area contributed by atoms with E-state index >= 15 is 0 Å². The van der Waals surface area contributed by atoms with E-state index in [4.69, 9.17) is 4.42 Å². The second kappa shape index (κ2) is 8.40. The molecule has 1 saturated heterocycles. The van der Waals surface area contributed by atoms with Crippen LogP contribution in [0.25, 0.3) is 11.0 Å². The number of carbonyl (C=O) groups is 1. The van der Waals surface area contributed by atoms with Gasteiger partial charge in [-0.05, 0) is 43.5 Å². The maximum atomic E-state index is 12.7. The molecule has 5 nitrogen and oxygen atoms in total. The van der Waals surface area contributed by atoms with Gasteiger partial charge < -0.3 is 14.6 Å². The monoisotopic (exact) mass is 376 g/mol. The van der Waals surface area contributed by atoms with E-state index in [9.17, 15) is 9.59 Å². The highest BCUT2D eigenvalue weighted by molar-refractivity contribution is 5.96. The summed E-state index contributed by atoms with van der Waals surface area (Å²) < 4.78 is 5.28. The zero-order valence-corrected chi connectivity index (χ0v) is 15.8. The Labute approximate surface area is 164 Å². The fourth-order valence-electron chi connectivity index (χ4n) is 3.79. The number of piperidine rings is 1. The van der Waals surface area contributed by atoms with Crippen LogP contribution in [0, 0.1) is 0 Å². The van der Waals surface area contributed by atoms with Crippen LogP contribution in [0.2, 0.25) is 0 Å². The highest BCUT2D eigenvalue weighted by atomic mass is 16.4. The molecule has 0 bridgehead atoms. The summed E-state index contributed by atoms with van der Waals surface area (Å²) in [5.74, 6) is -0.352. The van der Waals surface area contributed by atoms with Crippen LogP contribution in [0.4, 0.5) is 0 Å². The Morgan fingerprint density at radius 2 is 1.89 bits per heavy atom. The molecule has 0 unspecified atom stereocenters. The van der Waals surface area contributed by atoms with Crippen LogP contribution in [0.5, 0.6) is 0 Å². The van der Waals surface area contributed by atoms with E-state index < -0.39 is 5.63 Å². The van der Waals surface area contributed by atoms with Gasteiger partial charge in [0.05, 0.1) is 0 Å². The van der Waals surface area contributed by atoms with Gasteiger partial charge in [-0.15, -0.1) is 0 Å². The first-order valence-corrected chi connectivity index (χ1v) is 9.79. The molecule has 1 fully saturated rings.